The van der Waals surface area contributed by atoms with Gasteiger partial charge in [-0.1, -0.05) is 0 Å². The van der Waals surface area contributed by atoms with Gasteiger partial charge in [0.1, 0.15) is 11.6 Å². The van der Waals surface area contributed by atoms with E-state index in [4.69, 9.17) is 5.84 Å². The van der Waals surface area contributed by atoms with Gasteiger partial charge < -0.3 is 10.7 Å². The van der Waals surface area contributed by atoms with Gasteiger partial charge in [-0.05, 0) is 12.1 Å². The third-order valence-corrected chi connectivity index (χ3v) is 2.41. The van der Waals surface area contributed by atoms with Gasteiger partial charge in [-0.15, -0.1) is 0 Å². The highest BCUT2D eigenvalue weighted by molar-refractivity contribution is 6.04. The second-order valence-electron chi connectivity index (χ2n) is 3.78. The van der Waals surface area contributed by atoms with Gasteiger partial charge in [0, 0.05) is 23.9 Å². The molecule has 0 aliphatic rings. The summed E-state index contributed by atoms with van der Waals surface area (Å²) in [7, 11) is 0. The molecule has 0 fully saturated rings. The number of hydrazine groups is 1. The summed E-state index contributed by atoms with van der Waals surface area (Å²) >= 11 is 0. The Morgan fingerprint density at radius 1 is 1.20 bits per heavy atom. The topological polar surface area (TPSA) is 80.0 Å². The lowest BCUT2D eigenvalue weighted by atomic mass is 10.2. The lowest BCUT2D eigenvalue weighted by Crippen LogP contribution is -2.15. The monoisotopic (exact) mass is 282 g/mol. The van der Waals surface area contributed by atoms with Crippen molar-refractivity contribution in [2.24, 2.45) is 5.84 Å². The van der Waals surface area contributed by atoms with Crippen LogP contribution < -0.4 is 16.6 Å². The number of hydrogen-bond acceptors (Lipinski definition) is 4. The number of nitrogens with two attached hydrogens (primary N) is 1. The Morgan fingerprint density at radius 3 is 2.65 bits per heavy atom. The molecule has 1 aromatic carbocycles. The zero-order valence-electron chi connectivity index (χ0n) is 9.95. The van der Waals surface area contributed by atoms with E-state index in [1.807, 2.05) is 0 Å². The van der Waals surface area contributed by atoms with Crippen LogP contribution in [-0.4, -0.2) is 10.9 Å². The summed E-state index contributed by atoms with van der Waals surface area (Å²) in [5.41, 5.74) is 1.73. The quantitative estimate of drug-likeness (QED) is 0.457. The van der Waals surface area contributed by atoms with Gasteiger partial charge in [-0.2, -0.15) is 0 Å². The van der Waals surface area contributed by atoms with Crippen LogP contribution in [0.25, 0.3) is 0 Å². The fraction of sp³-hybridized carbons (Fsp3) is 0. The first-order valence-electron chi connectivity index (χ1n) is 5.40. The minimum Gasteiger partial charge on any atom is -0.319 e. The Bertz CT molecular complexity index is 663. The maximum Gasteiger partial charge on any atom is 0.255 e. The van der Waals surface area contributed by atoms with Crippen LogP contribution in [-0.2, 0) is 0 Å². The van der Waals surface area contributed by atoms with E-state index < -0.39 is 29.0 Å². The molecular formula is C12H9F3N4O. The molecule has 2 rings (SSSR count). The first-order valence-corrected chi connectivity index (χ1v) is 5.40. The average Bonchev–Trinajstić information content (AvgIpc) is 2.44. The van der Waals surface area contributed by atoms with E-state index in [0.29, 0.717) is 12.1 Å². The van der Waals surface area contributed by atoms with Crippen LogP contribution in [0.3, 0.4) is 0 Å². The number of anilines is 2. The van der Waals surface area contributed by atoms with Crippen LogP contribution in [0.4, 0.5) is 24.7 Å². The summed E-state index contributed by atoms with van der Waals surface area (Å²) in [6.45, 7) is 0. The average molecular weight is 282 g/mol. The van der Waals surface area contributed by atoms with E-state index in [2.05, 4.69) is 15.7 Å². The van der Waals surface area contributed by atoms with Crippen molar-refractivity contribution in [2.75, 3.05) is 10.7 Å². The Hall–Kier alpha value is -2.61. The molecule has 5 nitrogen and oxygen atoms in total. The van der Waals surface area contributed by atoms with Crippen molar-refractivity contribution in [1.82, 2.24) is 4.98 Å². The lowest BCUT2D eigenvalue weighted by Gasteiger charge is -2.08. The molecule has 0 atom stereocenters. The van der Waals surface area contributed by atoms with E-state index >= 15 is 0 Å². The van der Waals surface area contributed by atoms with Crippen LogP contribution in [0.5, 0.6) is 0 Å². The molecular weight excluding hydrogens is 273 g/mol. The molecule has 1 aromatic heterocycles. The highest BCUT2D eigenvalue weighted by atomic mass is 19.2. The summed E-state index contributed by atoms with van der Waals surface area (Å²) in [6.07, 6.45) is 1.30. The highest BCUT2D eigenvalue weighted by Gasteiger charge is 2.14. The van der Waals surface area contributed by atoms with Crippen LogP contribution in [0.15, 0.2) is 30.5 Å². The Morgan fingerprint density at radius 2 is 1.95 bits per heavy atom. The van der Waals surface area contributed by atoms with Crippen molar-refractivity contribution in [3.8, 4) is 0 Å². The number of hydrogen-bond donors (Lipinski definition) is 3. The molecule has 1 amide bonds. The van der Waals surface area contributed by atoms with Crippen LogP contribution in [0.1, 0.15) is 10.4 Å². The fourth-order valence-corrected chi connectivity index (χ4v) is 1.49. The van der Waals surface area contributed by atoms with E-state index in [0.717, 1.165) is 0 Å². The number of halogens is 3. The number of amides is 1. The second kappa shape index (κ2) is 5.57. The van der Waals surface area contributed by atoms with Crippen molar-refractivity contribution in [3.05, 3.63) is 53.5 Å². The molecule has 0 unspecified atom stereocenters. The summed E-state index contributed by atoms with van der Waals surface area (Å²) in [5.74, 6) is 0.854. The molecule has 2 aromatic rings. The number of rotatable bonds is 3. The summed E-state index contributed by atoms with van der Waals surface area (Å²) in [6, 6.07) is 3.69. The Kier molecular flexibility index (Phi) is 3.85. The number of pyridine rings is 1. The highest BCUT2D eigenvalue weighted by Crippen LogP contribution is 2.20. The number of carbonyl (C=O) groups excluding carboxylic acids is 1. The molecule has 8 heteroatoms. The maximum atomic E-state index is 13.4. The minimum atomic E-state index is -1.39. The molecule has 0 saturated heterocycles. The molecule has 0 bridgehead atoms. The smallest absolute Gasteiger partial charge is 0.255 e. The van der Waals surface area contributed by atoms with E-state index in [-0.39, 0.29) is 11.4 Å². The second-order valence-corrected chi connectivity index (χ2v) is 3.78. The third-order valence-electron chi connectivity index (χ3n) is 2.41. The minimum absolute atomic E-state index is 0.0945. The molecule has 4 N–H and O–H groups in total. The van der Waals surface area contributed by atoms with Gasteiger partial charge in [0.25, 0.3) is 5.91 Å². The predicted octanol–water partition coefficient (Wildman–Crippen LogP) is 2.04. The van der Waals surface area contributed by atoms with Crippen LogP contribution in [0, 0.1) is 17.5 Å². The van der Waals surface area contributed by atoms with E-state index in [9.17, 15) is 18.0 Å². The largest absolute Gasteiger partial charge is 0.319 e. The molecule has 0 spiro atoms. The van der Waals surface area contributed by atoms with Gasteiger partial charge in [-0.25, -0.2) is 24.0 Å². The van der Waals surface area contributed by atoms with Crippen LogP contribution in [0.2, 0.25) is 0 Å². The third kappa shape index (κ3) is 2.86. The molecule has 1 heterocycles. The molecule has 104 valence electrons. The predicted molar refractivity (Wildman–Crippen MR) is 66.3 cm³/mol. The Balaban J connectivity index is 2.27. The zero-order chi connectivity index (χ0) is 14.7. The molecule has 0 radical (unpaired) electrons. The zero-order valence-corrected chi connectivity index (χ0v) is 9.95. The van der Waals surface area contributed by atoms with Crippen LogP contribution >= 0.6 is 0 Å². The fourth-order valence-electron chi connectivity index (χ4n) is 1.49. The van der Waals surface area contributed by atoms with Gasteiger partial charge in [0.2, 0.25) is 0 Å². The normalized spacial score (nSPS) is 10.2. The van der Waals surface area contributed by atoms with E-state index in [1.165, 1.54) is 18.3 Å². The number of nitrogen functional groups attached to an aromatic ring is 1. The summed E-state index contributed by atoms with van der Waals surface area (Å²) in [4.78, 5) is 15.6. The van der Waals surface area contributed by atoms with Gasteiger partial charge in [0.05, 0.1) is 5.69 Å². The molecule has 0 saturated carbocycles. The number of carbonyl (C=O) groups is 1. The number of nitrogens with zero attached hydrogens (tertiary/aromatic N) is 1. The molecule has 0 aliphatic carbocycles. The van der Waals surface area contributed by atoms with Crippen molar-refractivity contribution in [1.29, 1.82) is 0 Å². The SMILES string of the molecule is NNc1cc(C(=O)Nc2cc(F)cc(F)c2F)ccn1. The molecule has 0 aliphatic heterocycles. The summed E-state index contributed by atoms with van der Waals surface area (Å²) < 4.78 is 39.4. The summed E-state index contributed by atoms with van der Waals surface area (Å²) in [5, 5.41) is 2.07. The van der Waals surface area contributed by atoms with Crippen molar-refractivity contribution in [3.63, 3.8) is 0 Å². The van der Waals surface area contributed by atoms with Crippen molar-refractivity contribution < 1.29 is 18.0 Å². The number of aromatic nitrogens is 1. The van der Waals surface area contributed by atoms with Gasteiger partial charge >= 0.3 is 0 Å². The van der Waals surface area contributed by atoms with Crippen molar-refractivity contribution >= 4 is 17.4 Å². The van der Waals surface area contributed by atoms with Gasteiger partial charge in [-0.3, -0.25) is 4.79 Å². The van der Waals surface area contributed by atoms with Crippen molar-refractivity contribution in [2.45, 2.75) is 0 Å². The first kappa shape index (κ1) is 13.8. The number of benzene rings is 1. The maximum absolute atomic E-state index is 13.4. The standard InChI is InChI=1S/C12H9F3N4O/c13-7-4-8(14)11(15)9(5-7)18-12(20)6-1-2-17-10(3-6)19-16/h1-5H,16H2,(H,17,19)(H,18,20). The first-order chi connectivity index (χ1) is 9.51. The van der Waals surface area contributed by atoms with Gasteiger partial charge in [0.15, 0.2) is 11.6 Å². The lowest BCUT2D eigenvalue weighted by molar-refractivity contribution is 0.102. The molecule has 20 heavy (non-hydrogen) atoms. The Labute approximate surface area is 111 Å². The van der Waals surface area contributed by atoms with E-state index in [1.54, 1.807) is 0 Å². The number of nitrogens with one attached hydrogen (secondary N) is 2.